The van der Waals surface area contributed by atoms with Gasteiger partial charge in [-0.05, 0) is 31.9 Å². The number of likely N-dealkylation sites (tertiary alicyclic amines) is 1. The lowest BCUT2D eigenvalue weighted by Crippen LogP contribution is -2.48. The molecular formula is C18H27ClN4O5. The molecule has 0 saturated carbocycles. The number of nitrogens with one attached hydrogen (secondary N) is 1. The van der Waals surface area contributed by atoms with E-state index in [0.717, 1.165) is 18.4 Å². The molecular weight excluding hydrogens is 388 g/mol. The van der Waals surface area contributed by atoms with Crippen molar-refractivity contribution in [3.05, 3.63) is 33.9 Å². The second kappa shape index (κ2) is 10.9. The van der Waals surface area contributed by atoms with Crippen LogP contribution in [0.2, 0.25) is 0 Å². The van der Waals surface area contributed by atoms with Gasteiger partial charge in [0.05, 0.1) is 23.7 Å². The average Bonchev–Trinajstić information content (AvgIpc) is 2.62. The molecule has 2 rings (SSSR count). The number of carbonyl (C=O) groups excluding carboxylic acids is 1. The van der Waals surface area contributed by atoms with Crippen LogP contribution in [0.4, 0.5) is 11.4 Å². The molecule has 1 aliphatic heterocycles. The van der Waals surface area contributed by atoms with E-state index in [9.17, 15) is 19.7 Å². The van der Waals surface area contributed by atoms with Crippen molar-refractivity contribution in [1.29, 1.82) is 0 Å². The van der Waals surface area contributed by atoms with Crippen molar-refractivity contribution in [2.45, 2.75) is 32.7 Å². The predicted octanol–water partition coefficient (Wildman–Crippen LogP) is 2.13. The van der Waals surface area contributed by atoms with Crippen molar-refractivity contribution in [3.8, 4) is 0 Å². The Morgan fingerprint density at radius 3 is 2.54 bits per heavy atom. The van der Waals surface area contributed by atoms with Crippen LogP contribution in [0.1, 0.15) is 25.3 Å². The summed E-state index contributed by atoms with van der Waals surface area (Å²) >= 11 is 0. The maximum Gasteiger partial charge on any atom is 0.317 e. The van der Waals surface area contributed by atoms with Crippen molar-refractivity contribution in [2.75, 3.05) is 38.0 Å². The fourth-order valence-electron chi connectivity index (χ4n) is 3.37. The van der Waals surface area contributed by atoms with Crippen molar-refractivity contribution in [1.82, 2.24) is 9.80 Å². The van der Waals surface area contributed by atoms with Gasteiger partial charge in [-0.2, -0.15) is 0 Å². The molecule has 1 saturated heterocycles. The molecule has 28 heavy (non-hydrogen) atoms. The SMILES string of the molecule is CCN(CC(=O)O)C1CCN(CC(=O)Nc2cc([N+](=O)[O-])ccc2C)CC1.Cl. The Balaban J connectivity index is 0.00000392. The molecule has 10 heteroatoms. The highest BCUT2D eigenvalue weighted by Crippen LogP contribution is 2.22. The molecule has 1 aromatic rings. The van der Waals surface area contributed by atoms with Crippen LogP contribution in [-0.4, -0.2) is 70.5 Å². The third-order valence-electron chi connectivity index (χ3n) is 4.89. The molecule has 1 aliphatic rings. The summed E-state index contributed by atoms with van der Waals surface area (Å²) in [5.41, 5.74) is 1.15. The molecule has 1 heterocycles. The van der Waals surface area contributed by atoms with Crippen molar-refractivity contribution < 1.29 is 19.6 Å². The van der Waals surface area contributed by atoms with Crippen LogP contribution in [0.25, 0.3) is 0 Å². The largest absolute Gasteiger partial charge is 0.480 e. The molecule has 0 atom stereocenters. The lowest BCUT2D eigenvalue weighted by atomic mass is 10.0. The number of anilines is 1. The number of nitrogens with zero attached hydrogens (tertiary/aromatic N) is 3. The lowest BCUT2D eigenvalue weighted by molar-refractivity contribution is -0.384. The minimum atomic E-state index is -0.828. The number of carboxylic acids is 1. The van der Waals surface area contributed by atoms with Gasteiger partial charge in [-0.1, -0.05) is 13.0 Å². The van der Waals surface area contributed by atoms with Gasteiger partial charge in [0.1, 0.15) is 0 Å². The molecule has 156 valence electrons. The number of hydrogen-bond acceptors (Lipinski definition) is 6. The first-order chi connectivity index (χ1) is 12.8. The molecule has 0 unspecified atom stereocenters. The van der Waals surface area contributed by atoms with Crippen LogP contribution < -0.4 is 5.32 Å². The second-order valence-electron chi connectivity index (χ2n) is 6.77. The summed E-state index contributed by atoms with van der Waals surface area (Å²) in [5, 5.41) is 22.6. The average molecular weight is 415 g/mol. The number of likely N-dealkylation sites (N-methyl/N-ethyl adjacent to an activating group) is 1. The molecule has 0 bridgehead atoms. The Hall–Kier alpha value is -2.23. The number of benzene rings is 1. The molecule has 9 nitrogen and oxygen atoms in total. The van der Waals surface area contributed by atoms with E-state index in [1.165, 1.54) is 12.1 Å². The molecule has 1 aromatic carbocycles. The number of hydrogen-bond donors (Lipinski definition) is 2. The van der Waals surface area contributed by atoms with E-state index < -0.39 is 10.9 Å². The zero-order valence-electron chi connectivity index (χ0n) is 16.1. The minimum Gasteiger partial charge on any atom is -0.480 e. The Labute approximate surface area is 170 Å². The van der Waals surface area contributed by atoms with E-state index in [0.29, 0.717) is 25.3 Å². The molecule has 0 spiro atoms. The molecule has 0 aliphatic carbocycles. The van der Waals surface area contributed by atoms with E-state index in [-0.39, 0.29) is 43.1 Å². The van der Waals surface area contributed by atoms with Gasteiger partial charge in [0.15, 0.2) is 0 Å². The van der Waals surface area contributed by atoms with Crippen LogP contribution in [0, 0.1) is 17.0 Å². The van der Waals surface area contributed by atoms with Gasteiger partial charge < -0.3 is 10.4 Å². The fraction of sp³-hybridized carbons (Fsp3) is 0.556. The number of amides is 1. The number of halogens is 1. The zero-order chi connectivity index (χ0) is 20.0. The number of aliphatic carboxylic acids is 1. The van der Waals surface area contributed by atoms with Crippen molar-refractivity contribution >= 4 is 35.7 Å². The molecule has 1 fully saturated rings. The summed E-state index contributed by atoms with van der Waals surface area (Å²) < 4.78 is 0. The van der Waals surface area contributed by atoms with E-state index in [4.69, 9.17) is 5.11 Å². The number of non-ortho nitro benzene ring substituents is 1. The summed E-state index contributed by atoms with van der Waals surface area (Å²) in [6.45, 7) is 6.08. The third kappa shape index (κ3) is 6.74. The molecule has 0 radical (unpaired) electrons. The highest BCUT2D eigenvalue weighted by Gasteiger charge is 2.26. The number of piperidine rings is 1. The summed E-state index contributed by atoms with van der Waals surface area (Å²) in [6, 6.07) is 4.60. The van der Waals surface area contributed by atoms with Crippen molar-refractivity contribution in [3.63, 3.8) is 0 Å². The zero-order valence-corrected chi connectivity index (χ0v) is 16.9. The van der Waals surface area contributed by atoms with Gasteiger partial charge in [-0.25, -0.2) is 0 Å². The fourth-order valence-corrected chi connectivity index (χ4v) is 3.37. The second-order valence-corrected chi connectivity index (χ2v) is 6.77. The molecule has 0 aromatic heterocycles. The van der Waals surface area contributed by atoms with Crippen LogP contribution in [0.15, 0.2) is 18.2 Å². The van der Waals surface area contributed by atoms with Gasteiger partial charge in [-0.3, -0.25) is 29.5 Å². The number of nitro groups is 1. The number of aryl methyl sites for hydroxylation is 1. The van der Waals surface area contributed by atoms with E-state index in [1.54, 1.807) is 13.0 Å². The number of rotatable bonds is 8. The first kappa shape index (κ1) is 23.8. The Morgan fingerprint density at radius 2 is 2.00 bits per heavy atom. The third-order valence-corrected chi connectivity index (χ3v) is 4.89. The molecule has 1 amide bonds. The molecule has 2 N–H and O–H groups in total. The lowest BCUT2D eigenvalue weighted by Gasteiger charge is -2.37. The highest BCUT2D eigenvalue weighted by molar-refractivity contribution is 5.93. The summed E-state index contributed by atoms with van der Waals surface area (Å²) in [7, 11) is 0. The Morgan fingerprint density at radius 1 is 1.36 bits per heavy atom. The maximum atomic E-state index is 12.3. The van der Waals surface area contributed by atoms with Crippen LogP contribution >= 0.6 is 12.4 Å². The van der Waals surface area contributed by atoms with E-state index in [1.807, 2.05) is 16.7 Å². The van der Waals surface area contributed by atoms with Crippen LogP contribution in [0.5, 0.6) is 0 Å². The standard InChI is InChI=1S/C18H26N4O5.ClH/c1-3-21(12-18(24)25)14-6-8-20(9-7-14)11-17(23)19-16-10-15(22(26)27)5-4-13(16)2;/h4-5,10,14H,3,6-9,11-12H2,1-2H3,(H,19,23)(H,24,25);1H. The predicted molar refractivity (Wildman–Crippen MR) is 108 cm³/mol. The Kier molecular flexibility index (Phi) is 9.30. The maximum absolute atomic E-state index is 12.3. The van der Waals surface area contributed by atoms with E-state index >= 15 is 0 Å². The first-order valence-electron chi connectivity index (χ1n) is 9.03. The normalized spacial score (nSPS) is 15.1. The smallest absolute Gasteiger partial charge is 0.317 e. The highest BCUT2D eigenvalue weighted by atomic mass is 35.5. The summed E-state index contributed by atoms with van der Waals surface area (Å²) in [4.78, 5) is 37.6. The van der Waals surface area contributed by atoms with Gasteiger partial charge in [0, 0.05) is 31.3 Å². The monoisotopic (exact) mass is 414 g/mol. The van der Waals surface area contributed by atoms with E-state index in [2.05, 4.69) is 5.32 Å². The summed E-state index contributed by atoms with van der Waals surface area (Å²) in [6.07, 6.45) is 1.62. The first-order valence-corrected chi connectivity index (χ1v) is 9.03. The summed E-state index contributed by atoms with van der Waals surface area (Å²) in [5.74, 6) is -1.04. The Bertz CT molecular complexity index is 707. The number of carboxylic acid groups (broad SMARTS) is 1. The van der Waals surface area contributed by atoms with Gasteiger partial charge in [0.2, 0.25) is 5.91 Å². The van der Waals surface area contributed by atoms with Gasteiger partial charge in [-0.15, -0.1) is 12.4 Å². The van der Waals surface area contributed by atoms with Crippen molar-refractivity contribution in [2.24, 2.45) is 0 Å². The van der Waals surface area contributed by atoms with Gasteiger partial charge in [0.25, 0.3) is 5.69 Å². The van der Waals surface area contributed by atoms with Crippen LogP contribution in [-0.2, 0) is 9.59 Å². The van der Waals surface area contributed by atoms with Gasteiger partial charge >= 0.3 is 5.97 Å². The minimum absolute atomic E-state index is 0. The quantitative estimate of drug-likeness (QED) is 0.494. The number of carbonyl (C=O) groups is 2. The topological polar surface area (TPSA) is 116 Å². The van der Waals surface area contributed by atoms with Crippen LogP contribution in [0.3, 0.4) is 0 Å². The number of nitro benzene ring substituents is 1.